The van der Waals surface area contributed by atoms with Crippen LogP contribution >= 0.6 is 0 Å². The maximum atomic E-state index is 12.7. The predicted molar refractivity (Wildman–Crippen MR) is 98.9 cm³/mol. The Labute approximate surface area is 156 Å². The number of rotatable bonds is 3. The molecule has 0 saturated carbocycles. The molecule has 27 heavy (non-hydrogen) atoms. The van der Waals surface area contributed by atoms with Crippen LogP contribution in [0.5, 0.6) is 0 Å². The summed E-state index contributed by atoms with van der Waals surface area (Å²) in [5.41, 5.74) is 0.927. The summed E-state index contributed by atoms with van der Waals surface area (Å²) in [6.45, 7) is 2.12. The molecule has 1 aliphatic heterocycles. The molecule has 0 N–H and O–H groups in total. The summed E-state index contributed by atoms with van der Waals surface area (Å²) in [5, 5.41) is 0. The van der Waals surface area contributed by atoms with Crippen LogP contribution in [0.25, 0.3) is 6.08 Å². The highest BCUT2D eigenvalue weighted by atomic mass is 19.4. The van der Waals surface area contributed by atoms with Gasteiger partial charge in [0.2, 0.25) is 5.91 Å². The lowest BCUT2D eigenvalue weighted by molar-refractivity contribution is -0.137. The van der Waals surface area contributed by atoms with Gasteiger partial charge in [-0.05, 0) is 36.4 Å². The summed E-state index contributed by atoms with van der Waals surface area (Å²) < 4.78 is 37.9. The van der Waals surface area contributed by atoms with Gasteiger partial charge >= 0.3 is 6.18 Å². The molecule has 2 aromatic carbocycles. The van der Waals surface area contributed by atoms with E-state index in [0.29, 0.717) is 12.1 Å². The van der Waals surface area contributed by atoms with Gasteiger partial charge in [0, 0.05) is 25.7 Å². The minimum atomic E-state index is -4.36. The SMILES string of the molecule is CN1CCN(C(=O)/C=C/c2ccc(C(F)(F)F)cc2)[C@@H](c2ccccc2)C1. The molecule has 0 aliphatic carbocycles. The summed E-state index contributed by atoms with van der Waals surface area (Å²) in [6.07, 6.45) is -1.37. The Morgan fingerprint density at radius 3 is 2.33 bits per heavy atom. The Morgan fingerprint density at radius 1 is 1.04 bits per heavy atom. The Hall–Kier alpha value is -2.60. The van der Waals surface area contributed by atoms with E-state index in [4.69, 9.17) is 0 Å². The van der Waals surface area contributed by atoms with Crippen LogP contribution in [0.3, 0.4) is 0 Å². The van der Waals surface area contributed by atoms with Crippen LogP contribution in [-0.4, -0.2) is 42.4 Å². The maximum absolute atomic E-state index is 12.7. The van der Waals surface area contributed by atoms with E-state index in [1.54, 1.807) is 6.08 Å². The smallest absolute Gasteiger partial charge is 0.330 e. The number of nitrogens with zero attached hydrogens (tertiary/aromatic N) is 2. The third-order valence-corrected chi connectivity index (χ3v) is 4.71. The van der Waals surface area contributed by atoms with Crippen LogP contribution in [0.4, 0.5) is 13.2 Å². The molecule has 2 aromatic rings. The van der Waals surface area contributed by atoms with Crippen molar-refractivity contribution in [3.63, 3.8) is 0 Å². The summed E-state index contributed by atoms with van der Waals surface area (Å²) in [6, 6.07) is 14.6. The zero-order valence-corrected chi connectivity index (χ0v) is 15.0. The molecular weight excluding hydrogens is 353 g/mol. The predicted octanol–water partition coefficient (Wildman–Crippen LogP) is 4.23. The summed E-state index contributed by atoms with van der Waals surface area (Å²) in [4.78, 5) is 16.7. The average molecular weight is 374 g/mol. The number of piperazine rings is 1. The monoisotopic (exact) mass is 374 g/mol. The summed E-state index contributed by atoms with van der Waals surface area (Å²) >= 11 is 0. The molecule has 1 fully saturated rings. The van der Waals surface area contributed by atoms with Gasteiger partial charge < -0.3 is 9.80 Å². The number of benzene rings is 2. The largest absolute Gasteiger partial charge is 0.416 e. The minimum Gasteiger partial charge on any atom is -0.330 e. The summed E-state index contributed by atoms with van der Waals surface area (Å²) in [7, 11) is 2.02. The van der Waals surface area contributed by atoms with Crippen molar-refractivity contribution < 1.29 is 18.0 Å². The second-order valence-corrected chi connectivity index (χ2v) is 6.67. The van der Waals surface area contributed by atoms with Crippen molar-refractivity contribution in [2.45, 2.75) is 12.2 Å². The van der Waals surface area contributed by atoms with Gasteiger partial charge in [-0.15, -0.1) is 0 Å². The second-order valence-electron chi connectivity index (χ2n) is 6.67. The highest BCUT2D eigenvalue weighted by molar-refractivity contribution is 5.92. The lowest BCUT2D eigenvalue weighted by Crippen LogP contribution is -2.48. The fourth-order valence-electron chi connectivity index (χ4n) is 3.19. The Balaban J connectivity index is 1.74. The minimum absolute atomic E-state index is 0.0466. The molecule has 1 aliphatic rings. The van der Waals surface area contributed by atoms with Gasteiger partial charge in [0.25, 0.3) is 0 Å². The molecule has 0 spiro atoms. The van der Waals surface area contributed by atoms with Crippen molar-refractivity contribution in [2.24, 2.45) is 0 Å². The van der Waals surface area contributed by atoms with E-state index in [2.05, 4.69) is 4.90 Å². The van der Waals surface area contributed by atoms with Gasteiger partial charge in [0.15, 0.2) is 0 Å². The van der Waals surface area contributed by atoms with Crippen LogP contribution in [0.15, 0.2) is 60.7 Å². The standard InChI is InChI=1S/C21H21F3N2O/c1-25-13-14-26(19(15-25)17-5-3-2-4-6-17)20(27)12-9-16-7-10-18(11-8-16)21(22,23)24/h2-12,19H,13-15H2,1H3/b12-9+/t19-/m1/s1. The lowest BCUT2D eigenvalue weighted by Gasteiger charge is -2.40. The number of likely N-dealkylation sites (N-methyl/N-ethyl adjacent to an activating group) is 1. The molecule has 1 heterocycles. The molecule has 3 nitrogen and oxygen atoms in total. The molecule has 6 heteroatoms. The van der Waals surface area contributed by atoms with Gasteiger partial charge in [-0.3, -0.25) is 4.79 Å². The fraction of sp³-hybridized carbons (Fsp3) is 0.286. The first-order chi connectivity index (χ1) is 12.8. The van der Waals surface area contributed by atoms with Crippen LogP contribution in [0, 0.1) is 0 Å². The molecule has 0 unspecified atom stereocenters. The molecule has 0 aromatic heterocycles. The molecule has 142 valence electrons. The number of amides is 1. The van der Waals surface area contributed by atoms with Crippen molar-refractivity contribution in [1.82, 2.24) is 9.80 Å². The van der Waals surface area contributed by atoms with E-state index in [-0.39, 0.29) is 11.9 Å². The zero-order valence-electron chi connectivity index (χ0n) is 15.0. The summed E-state index contributed by atoms with van der Waals surface area (Å²) in [5.74, 6) is -0.142. The van der Waals surface area contributed by atoms with E-state index in [1.807, 2.05) is 42.3 Å². The van der Waals surface area contributed by atoms with Crippen LogP contribution in [0.2, 0.25) is 0 Å². The van der Waals surface area contributed by atoms with E-state index in [1.165, 1.54) is 18.2 Å². The van der Waals surface area contributed by atoms with Crippen molar-refractivity contribution in [2.75, 3.05) is 26.7 Å². The van der Waals surface area contributed by atoms with Crippen LogP contribution in [0.1, 0.15) is 22.7 Å². The van der Waals surface area contributed by atoms with E-state index in [0.717, 1.165) is 30.8 Å². The molecule has 3 rings (SSSR count). The van der Waals surface area contributed by atoms with Gasteiger partial charge in [-0.25, -0.2) is 0 Å². The fourth-order valence-corrected chi connectivity index (χ4v) is 3.19. The topological polar surface area (TPSA) is 23.6 Å². The third-order valence-electron chi connectivity index (χ3n) is 4.71. The van der Waals surface area contributed by atoms with Crippen molar-refractivity contribution >= 4 is 12.0 Å². The van der Waals surface area contributed by atoms with Gasteiger partial charge in [0.05, 0.1) is 11.6 Å². The quantitative estimate of drug-likeness (QED) is 0.751. The first-order valence-electron chi connectivity index (χ1n) is 8.74. The molecular formula is C21H21F3N2O. The van der Waals surface area contributed by atoms with Gasteiger partial charge in [0.1, 0.15) is 0 Å². The molecule has 1 saturated heterocycles. The van der Waals surface area contributed by atoms with Gasteiger partial charge in [-0.1, -0.05) is 42.5 Å². The Kier molecular flexibility index (Phi) is 5.65. The van der Waals surface area contributed by atoms with Crippen LogP contribution in [-0.2, 0) is 11.0 Å². The van der Waals surface area contributed by atoms with E-state index < -0.39 is 11.7 Å². The highest BCUT2D eigenvalue weighted by Gasteiger charge is 2.30. The zero-order chi connectivity index (χ0) is 19.4. The number of carbonyl (C=O) groups is 1. The number of alkyl halides is 3. The first-order valence-corrected chi connectivity index (χ1v) is 8.74. The highest BCUT2D eigenvalue weighted by Crippen LogP contribution is 2.29. The average Bonchev–Trinajstić information content (AvgIpc) is 2.66. The molecule has 1 atom stereocenters. The van der Waals surface area contributed by atoms with Crippen LogP contribution < -0.4 is 0 Å². The number of halogens is 3. The first kappa shape index (κ1) is 19.2. The molecule has 0 bridgehead atoms. The number of carbonyl (C=O) groups excluding carboxylic acids is 1. The van der Waals surface area contributed by atoms with E-state index >= 15 is 0 Å². The Morgan fingerprint density at radius 2 is 1.70 bits per heavy atom. The normalized spacial score (nSPS) is 18.8. The Bertz CT molecular complexity index is 800. The number of hydrogen-bond acceptors (Lipinski definition) is 2. The lowest BCUT2D eigenvalue weighted by atomic mass is 10.0. The van der Waals surface area contributed by atoms with Crippen molar-refractivity contribution in [3.05, 3.63) is 77.4 Å². The van der Waals surface area contributed by atoms with Crippen molar-refractivity contribution in [1.29, 1.82) is 0 Å². The van der Waals surface area contributed by atoms with E-state index in [9.17, 15) is 18.0 Å². The number of hydrogen-bond donors (Lipinski definition) is 0. The molecule has 1 amide bonds. The third kappa shape index (κ3) is 4.77. The second kappa shape index (κ2) is 7.96. The maximum Gasteiger partial charge on any atom is 0.416 e. The van der Waals surface area contributed by atoms with Gasteiger partial charge in [-0.2, -0.15) is 13.2 Å². The van der Waals surface area contributed by atoms with Crippen molar-refractivity contribution in [3.8, 4) is 0 Å². The molecule has 0 radical (unpaired) electrons.